The summed E-state index contributed by atoms with van der Waals surface area (Å²) in [7, 11) is -4.11. The average molecular weight is 556 g/mol. The number of anilines is 1. The number of rotatable bonds is 10. The molecule has 3 rings (SSSR count). The summed E-state index contributed by atoms with van der Waals surface area (Å²) in [6.07, 6.45) is 0. The molecular weight excluding hydrogens is 522 g/mol. The predicted octanol–water partition coefficient (Wildman–Crippen LogP) is 5.01. The monoisotopic (exact) mass is 555 g/mol. The summed E-state index contributed by atoms with van der Waals surface area (Å²) in [5.74, 6) is -0.846. The maximum Gasteiger partial charge on any atom is 0.264 e. The minimum Gasteiger partial charge on any atom is -0.355 e. The Morgan fingerprint density at radius 2 is 1.61 bits per heavy atom. The molecule has 38 heavy (non-hydrogen) atoms. The molecule has 3 aromatic rings. The van der Waals surface area contributed by atoms with Gasteiger partial charge in [-0.05, 0) is 76.1 Å². The van der Waals surface area contributed by atoms with Gasteiger partial charge in [0.25, 0.3) is 10.0 Å². The number of carbonyl (C=O) groups is 2. The SMILES string of the molecule is CCNC(=O)C(C)N(Cc1cccc(Cl)c1)C(=O)CN(c1ccc(C)cc1C)S(=O)(=O)c1ccc(C)cc1. The van der Waals surface area contributed by atoms with Crippen LogP contribution in [0.5, 0.6) is 0 Å². The number of hydrogen-bond acceptors (Lipinski definition) is 4. The van der Waals surface area contributed by atoms with Crippen molar-refractivity contribution >= 4 is 39.1 Å². The van der Waals surface area contributed by atoms with Crippen LogP contribution in [-0.2, 0) is 26.2 Å². The lowest BCUT2D eigenvalue weighted by molar-refractivity contribution is -0.139. The first-order valence-electron chi connectivity index (χ1n) is 12.4. The fourth-order valence-electron chi connectivity index (χ4n) is 4.17. The Kier molecular flexibility index (Phi) is 9.57. The van der Waals surface area contributed by atoms with Gasteiger partial charge in [-0.15, -0.1) is 0 Å². The summed E-state index contributed by atoms with van der Waals surface area (Å²) in [6.45, 7) is 9.03. The van der Waals surface area contributed by atoms with E-state index in [0.717, 1.165) is 21.0 Å². The van der Waals surface area contributed by atoms with Gasteiger partial charge in [0.2, 0.25) is 11.8 Å². The number of nitrogens with one attached hydrogen (secondary N) is 1. The van der Waals surface area contributed by atoms with Gasteiger partial charge in [0.05, 0.1) is 10.6 Å². The van der Waals surface area contributed by atoms with Gasteiger partial charge in [0.1, 0.15) is 12.6 Å². The Balaban J connectivity index is 2.07. The standard InChI is InChI=1S/C29H34ClN3O4S/c1-6-31-29(35)23(5)32(18-24-8-7-9-25(30)17-24)28(34)19-33(27-15-12-21(3)16-22(27)4)38(36,37)26-13-10-20(2)11-14-26/h7-17,23H,6,18-19H2,1-5H3,(H,31,35). The Morgan fingerprint density at radius 1 is 0.947 bits per heavy atom. The molecule has 1 N–H and O–H groups in total. The molecule has 0 aromatic heterocycles. The quantitative estimate of drug-likeness (QED) is 0.381. The second kappa shape index (κ2) is 12.5. The number of sulfonamides is 1. The number of benzene rings is 3. The zero-order valence-electron chi connectivity index (χ0n) is 22.4. The molecule has 1 unspecified atom stereocenters. The molecule has 9 heteroatoms. The summed E-state index contributed by atoms with van der Waals surface area (Å²) < 4.78 is 28.9. The van der Waals surface area contributed by atoms with E-state index in [2.05, 4.69) is 5.32 Å². The second-order valence-electron chi connectivity index (χ2n) is 9.34. The van der Waals surface area contributed by atoms with E-state index < -0.39 is 28.5 Å². The van der Waals surface area contributed by atoms with Gasteiger partial charge < -0.3 is 10.2 Å². The van der Waals surface area contributed by atoms with Crippen LogP contribution in [0.15, 0.2) is 71.6 Å². The molecule has 3 aromatic carbocycles. The highest BCUT2D eigenvalue weighted by Crippen LogP contribution is 2.28. The minimum absolute atomic E-state index is 0.0778. The van der Waals surface area contributed by atoms with Crippen LogP contribution >= 0.6 is 11.6 Å². The number of halogens is 1. The highest BCUT2D eigenvalue weighted by atomic mass is 35.5. The van der Waals surface area contributed by atoms with Crippen LogP contribution in [0.1, 0.15) is 36.1 Å². The van der Waals surface area contributed by atoms with Crippen molar-refractivity contribution in [3.05, 3.63) is 94.0 Å². The van der Waals surface area contributed by atoms with Crippen molar-refractivity contribution in [2.45, 2.75) is 52.1 Å². The molecule has 0 bridgehead atoms. The van der Waals surface area contributed by atoms with Crippen molar-refractivity contribution in [1.82, 2.24) is 10.2 Å². The van der Waals surface area contributed by atoms with Crippen LogP contribution in [0.2, 0.25) is 5.02 Å². The zero-order chi connectivity index (χ0) is 28.0. The topological polar surface area (TPSA) is 86.8 Å². The highest BCUT2D eigenvalue weighted by Gasteiger charge is 2.33. The molecule has 2 amide bonds. The van der Waals surface area contributed by atoms with Crippen molar-refractivity contribution in [2.75, 3.05) is 17.4 Å². The minimum atomic E-state index is -4.11. The fourth-order valence-corrected chi connectivity index (χ4v) is 5.86. The number of amides is 2. The smallest absolute Gasteiger partial charge is 0.264 e. The maximum atomic E-state index is 13.9. The first kappa shape index (κ1) is 29.2. The van der Waals surface area contributed by atoms with Crippen LogP contribution in [-0.4, -0.2) is 44.3 Å². The Bertz CT molecular complexity index is 1410. The number of aryl methyl sites for hydroxylation is 3. The third-order valence-corrected chi connectivity index (χ3v) is 8.28. The van der Waals surface area contributed by atoms with Gasteiger partial charge in [-0.25, -0.2) is 8.42 Å². The molecule has 0 aliphatic heterocycles. The highest BCUT2D eigenvalue weighted by molar-refractivity contribution is 7.92. The summed E-state index contributed by atoms with van der Waals surface area (Å²) in [4.78, 5) is 28.1. The summed E-state index contributed by atoms with van der Waals surface area (Å²) in [5.41, 5.74) is 3.73. The van der Waals surface area contributed by atoms with Crippen molar-refractivity contribution in [2.24, 2.45) is 0 Å². The average Bonchev–Trinajstić information content (AvgIpc) is 2.86. The van der Waals surface area contributed by atoms with E-state index in [-0.39, 0.29) is 17.3 Å². The molecular formula is C29H34ClN3O4S. The van der Waals surface area contributed by atoms with E-state index in [1.54, 1.807) is 50.2 Å². The lowest BCUT2D eigenvalue weighted by Crippen LogP contribution is -2.51. The van der Waals surface area contributed by atoms with Gasteiger partial charge in [-0.1, -0.05) is 59.1 Å². The van der Waals surface area contributed by atoms with Crippen molar-refractivity contribution in [3.63, 3.8) is 0 Å². The summed E-state index contributed by atoms with van der Waals surface area (Å²) in [6, 6.07) is 18.1. The van der Waals surface area contributed by atoms with Gasteiger partial charge in [0.15, 0.2) is 0 Å². The maximum absolute atomic E-state index is 13.9. The lowest BCUT2D eigenvalue weighted by Gasteiger charge is -2.32. The van der Waals surface area contributed by atoms with E-state index in [1.807, 2.05) is 39.0 Å². The Hall–Kier alpha value is -3.36. The second-order valence-corrected chi connectivity index (χ2v) is 11.6. The van der Waals surface area contributed by atoms with Crippen molar-refractivity contribution in [1.29, 1.82) is 0 Å². The molecule has 0 aliphatic rings. The molecule has 0 aliphatic carbocycles. The van der Waals surface area contributed by atoms with E-state index in [0.29, 0.717) is 22.8 Å². The van der Waals surface area contributed by atoms with Gasteiger partial charge in [0, 0.05) is 18.1 Å². The van der Waals surface area contributed by atoms with Crippen molar-refractivity contribution < 1.29 is 18.0 Å². The number of hydrogen-bond donors (Lipinski definition) is 1. The van der Waals surface area contributed by atoms with Crippen LogP contribution in [0.4, 0.5) is 5.69 Å². The van der Waals surface area contributed by atoms with Crippen LogP contribution < -0.4 is 9.62 Å². The van der Waals surface area contributed by atoms with Gasteiger partial charge >= 0.3 is 0 Å². The molecule has 0 radical (unpaired) electrons. The van der Waals surface area contributed by atoms with Crippen molar-refractivity contribution in [3.8, 4) is 0 Å². The fraction of sp³-hybridized carbons (Fsp3) is 0.310. The molecule has 7 nitrogen and oxygen atoms in total. The molecule has 1 atom stereocenters. The van der Waals surface area contributed by atoms with E-state index in [4.69, 9.17) is 11.6 Å². The number of likely N-dealkylation sites (N-methyl/N-ethyl adjacent to an activating group) is 1. The normalized spacial score (nSPS) is 12.1. The van der Waals surface area contributed by atoms with Gasteiger partial charge in [-0.3, -0.25) is 13.9 Å². The zero-order valence-corrected chi connectivity index (χ0v) is 23.9. The predicted molar refractivity (Wildman–Crippen MR) is 152 cm³/mol. The molecule has 202 valence electrons. The molecule has 0 saturated carbocycles. The van der Waals surface area contributed by atoms with E-state index in [1.165, 1.54) is 17.0 Å². The van der Waals surface area contributed by atoms with E-state index >= 15 is 0 Å². The Morgan fingerprint density at radius 3 is 2.21 bits per heavy atom. The summed E-state index contributed by atoms with van der Waals surface area (Å²) in [5, 5.41) is 3.25. The summed E-state index contributed by atoms with van der Waals surface area (Å²) >= 11 is 6.16. The number of carbonyl (C=O) groups excluding carboxylic acids is 2. The molecule has 0 spiro atoms. The molecule has 0 saturated heterocycles. The largest absolute Gasteiger partial charge is 0.355 e. The third-order valence-electron chi connectivity index (χ3n) is 6.27. The lowest BCUT2D eigenvalue weighted by atomic mass is 10.1. The van der Waals surface area contributed by atoms with Crippen LogP contribution in [0.3, 0.4) is 0 Å². The Labute approximate surface area is 230 Å². The van der Waals surface area contributed by atoms with Crippen LogP contribution in [0.25, 0.3) is 0 Å². The first-order chi connectivity index (χ1) is 17.9. The molecule has 0 heterocycles. The number of nitrogens with zero attached hydrogens (tertiary/aromatic N) is 2. The van der Waals surface area contributed by atoms with E-state index in [9.17, 15) is 18.0 Å². The van der Waals surface area contributed by atoms with Crippen LogP contribution in [0, 0.1) is 20.8 Å². The molecule has 0 fully saturated rings. The first-order valence-corrected chi connectivity index (χ1v) is 14.2. The third kappa shape index (κ3) is 6.94. The van der Waals surface area contributed by atoms with Gasteiger partial charge in [-0.2, -0.15) is 0 Å².